The number of thiophene rings is 1. The minimum absolute atomic E-state index is 0.0281. The average molecular weight is 321 g/mol. The molecule has 0 aliphatic heterocycles. The van der Waals surface area contributed by atoms with Gasteiger partial charge in [0, 0.05) is 17.8 Å². The van der Waals surface area contributed by atoms with E-state index in [2.05, 4.69) is 23.0 Å². The molecule has 1 atom stereocenters. The van der Waals surface area contributed by atoms with Crippen molar-refractivity contribution in [1.29, 1.82) is 0 Å². The molecule has 0 saturated heterocycles. The number of hydrogen-bond acceptors (Lipinski definition) is 4. The summed E-state index contributed by atoms with van der Waals surface area (Å²) in [6.45, 7) is 3.01. The molecular weight excluding hydrogens is 304 g/mol. The number of benzene rings is 1. The Morgan fingerprint density at radius 1 is 1.38 bits per heavy atom. The number of hydrogen-bond donors (Lipinski definition) is 2. The lowest BCUT2D eigenvalue weighted by molar-refractivity contribution is 0.533. The Labute approximate surface area is 132 Å². The maximum atomic E-state index is 6.22. The largest absolute Gasteiger partial charge is 0.328 e. The Morgan fingerprint density at radius 2 is 2.19 bits per heavy atom. The number of rotatable bonds is 5. The molecule has 2 aromatic heterocycles. The summed E-state index contributed by atoms with van der Waals surface area (Å²) < 4.78 is 2.22. The predicted molar refractivity (Wildman–Crippen MR) is 88.5 cm³/mol. The summed E-state index contributed by atoms with van der Waals surface area (Å²) in [5.74, 6) is 6.75. The van der Waals surface area contributed by atoms with Crippen LogP contribution < -0.4 is 11.3 Å². The highest BCUT2D eigenvalue weighted by atomic mass is 35.5. The van der Waals surface area contributed by atoms with Crippen LogP contribution in [0.1, 0.15) is 23.7 Å². The fourth-order valence-electron chi connectivity index (χ4n) is 2.60. The number of aromatic nitrogens is 2. The van der Waals surface area contributed by atoms with Crippen LogP contribution in [0.4, 0.5) is 0 Å². The number of imidazole rings is 1. The van der Waals surface area contributed by atoms with Crippen LogP contribution in [0, 0.1) is 0 Å². The molecule has 0 amide bonds. The molecule has 6 heteroatoms. The molecule has 3 aromatic rings. The number of halogens is 1. The van der Waals surface area contributed by atoms with E-state index < -0.39 is 0 Å². The van der Waals surface area contributed by atoms with E-state index in [0.29, 0.717) is 6.42 Å². The van der Waals surface area contributed by atoms with Gasteiger partial charge in [-0.05, 0) is 30.5 Å². The molecule has 0 aliphatic rings. The van der Waals surface area contributed by atoms with E-state index in [0.717, 1.165) is 33.3 Å². The Hall–Kier alpha value is -1.40. The van der Waals surface area contributed by atoms with E-state index in [4.69, 9.17) is 22.4 Å². The fraction of sp³-hybridized carbons (Fsp3) is 0.267. The van der Waals surface area contributed by atoms with Gasteiger partial charge in [-0.2, -0.15) is 0 Å². The Bertz CT molecular complexity index is 749. The Kier molecular flexibility index (Phi) is 4.26. The number of hydrazine groups is 1. The molecule has 0 radical (unpaired) electrons. The van der Waals surface area contributed by atoms with Crippen molar-refractivity contribution in [2.75, 3.05) is 0 Å². The van der Waals surface area contributed by atoms with Gasteiger partial charge in [-0.3, -0.25) is 11.3 Å². The molecule has 3 rings (SSSR count). The van der Waals surface area contributed by atoms with E-state index in [-0.39, 0.29) is 6.04 Å². The number of para-hydroxylation sites is 2. The summed E-state index contributed by atoms with van der Waals surface area (Å²) in [5.41, 5.74) is 5.03. The van der Waals surface area contributed by atoms with Crippen LogP contribution in [0.5, 0.6) is 0 Å². The molecule has 0 fully saturated rings. The van der Waals surface area contributed by atoms with Gasteiger partial charge >= 0.3 is 0 Å². The highest BCUT2D eigenvalue weighted by Crippen LogP contribution is 2.30. The zero-order chi connectivity index (χ0) is 14.8. The van der Waals surface area contributed by atoms with Gasteiger partial charge in [-0.15, -0.1) is 11.3 Å². The van der Waals surface area contributed by atoms with E-state index in [9.17, 15) is 0 Å². The van der Waals surface area contributed by atoms with Crippen LogP contribution in [0.15, 0.2) is 35.7 Å². The number of nitrogens with two attached hydrogens (primary N) is 1. The maximum Gasteiger partial charge on any atom is 0.111 e. The van der Waals surface area contributed by atoms with Gasteiger partial charge in [0.2, 0.25) is 0 Å². The Morgan fingerprint density at radius 3 is 2.86 bits per heavy atom. The van der Waals surface area contributed by atoms with Crippen molar-refractivity contribution in [3.8, 4) is 0 Å². The monoisotopic (exact) mass is 320 g/mol. The first-order valence-electron chi connectivity index (χ1n) is 6.87. The van der Waals surface area contributed by atoms with Gasteiger partial charge in [0.25, 0.3) is 0 Å². The topological polar surface area (TPSA) is 55.9 Å². The van der Waals surface area contributed by atoms with Crippen LogP contribution in [-0.4, -0.2) is 9.55 Å². The maximum absolute atomic E-state index is 6.22. The molecule has 1 aromatic carbocycles. The van der Waals surface area contributed by atoms with Crippen LogP contribution in [0.25, 0.3) is 11.0 Å². The van der Waals surface area contributed by atoms with Crippen LogP contribution in [0.2, 0.25) is 5.02 Å². The highest BCUT2D eigenvalue weighted by molar-refractivity contribution is 7.10. The standard InChI is InChI=1S/C15H17ClN4S/c1-2-20-13-6-4-3-5-11(13)18-14(20)9-12(19-17)15-10(16)7-8-21-15/h3-8,12,19H,2,9,17H2,1H3. The molecule has 3 N–H and O–H groups in total. The molecule has 0 bridgehead atoms. The fourth-order valence-corrected chi connectivity index (χ4v) is 3.85. The molecular formula is C15H17ClN4S. The first-order chi connectivity index (χ1) is 10.2. The average Bonchev–Trinajstić information content (AvgIpc) is 3.07. The summed E-state index contributed by atoms with van der Waals surface area (Å²) >= 11 is 7.83. The smallest absolute Gasteiger partial charge is 0.111 e. The van der Waals surface area contributed by atoms with E-state index in [1.165, 1.54) is 0 Å². The SMILES string of the molecule is CCn1c(CC(NN)c2sccc2Cl)nc2ccccc21. The normalized spacial score (nSPS) is 12.9. The third kappa shape index (κ3) is 2.70. The van der Waals surface area contributed by atoms with Crippen LogP contribution in [0.3, 0.4) is 0 Å². The summed E-state index contributed by atoms with van der Waals surface area (Å²) in [5, 5.41) is 2.73. The second kappa shape index (κ2) is 6.15. The van der Waals surface area contributed by atoms with Gasteiger partial charge in [0.1, 0.15) is 5.82 Å². The van der Waals surface area contributed by atoms with E-state index >= 15 is 0 Å². The first-order valence-corrected chi connectivity index (χ1v) is 8.13. The number of nitrogens with one attached hydrogen (secondary N) is 1. The number of nitrogens with zero attached hydrogens (tertiary/aromatic N) is 2. The minimum atomic E-state index is -0.0281. The lowest BCUT2D eigenvalue weighted by Crippen LogP contribution is -2.30. The molecule has 110 valence electrons. The van der Waals surface area contributed by atoms with Gasteiger partial charge in [0.05, 0.1) is 22.1 Å². The van der Waals surface area contributed by atoms with E-state index in [1.807, 2.05) is 29.6 Å². The van der Waals surface area contributed by atoms with Crippen LogP contribution >= 0.6 is 22.9 Å². The third-order valence-electron chi connectivity index (χ3n) is 3.60. The van der Waals surface area contributed by atoms with Crippen molar-refractivity contribution in [2.45, 2.75) is 25.9 Å². The highest BCUT2D eigenvalue weighted by Gasteiger charge is 2.19. The van der Waals surface area contributed by atoms with Crippen molar-refractivity contribution in [3.05, 3.63) is 51.4 Å². The third-order valence-corrected chi connectivity index (χ3v) is 5.07. The van der Waals surface area contributed by atoms with Crippen molar-refractivity contribution >= 4 is 34.0 Å². The van der Waals surface area contributed by atoms with Gasteiger partial charge in [-0.1, -0.05) is 23.7 Å². The molecule has 21 heavy (non-hydrogen) atoms. The summed E-state index contributed by atoms with van der Waals surface area (Å²) in [4.78, 5) is 5.79. The quantitative estimate of drug-likeness (QED) is 0.558. The molecule has 4 nitrogen and oxygen atoms in total. The second-order valence-electron chi connectivity index (χ2n) is 4.82. The summed E-state index contributed by atoms with van der Waals surface area (Å²) in [6.07, 6.45) is 0.708. The summed E-state index contributed by atoms with van der Waals surface area (Å²) in [6, 6.07) is 10.0. The lowest BCUT2D eigenvalue weighted by Gasteiger charge is -2.15. The zero-order valence-corrected chi connectivity index (χ0v) is 13.3. The second-order valence-corrected chi connectivity index (χ2v) is 6.17. The van der Waals surface area contributed by atoms with Crippen LogP contribution in [-0.2, 0) is 13.0 Å². The number of fused-ring (bicyclic) bond motifs is 1. The van der Waals surface area contributed by atoms with Crippen molar-refractivity contribution in [2.24, 2.45) is 5.84 Å². The molecule has 2 heterocycles. The molecule has 1 unspecified atom stereocenters. The molecule has 0 saturated carbocycles. The first kappa shape index (κ1) is 14.5. The Balaban J connectivity index is 1.98. The minimum Gasteiger partial charge on any atom is -0.328 e. The van der Waals surface area contributed by atoms with Crippen molar-refractivity contribution in [1.82, 2.24) is 15.0 Å². The van der Waals surface area contributed by atoms with Gasteiger partial charge in [0.15, 0.2) is 0 Å². The van der Waals surface area contributed by atoms with Gasteiger partial charge < -0.3 is 4.57 Å². The number of aryl methyl sites for hydroxylation is 1. The molecule has 0 aliphatic carbocycles. The van der Waals surface area contributed by atoms with Crippen molar-refractivity contribution < 1.29 is 0 Å². The lowest BCUT2D eigenvalue weighted by atomic mass is 10.1. The van der Waals surface area contributed by atoms with Crippen molar-refractivity contribution in [3.63, 3.8) is 0 Å². The predicted octanol–water partition coefficient (Wildman–Crippen LogP) is 3.52. The van der Waals surface area contributed by atoms with Gasteiger partial charge in [-0.25, -0.2) is 4.98 Å². The molecule has 0 spiro atoms. The zero-order valence-electron chi connectivity index (χ0n) is 11.7. The van der Waals surface area contributed by atoms with E-state index in [1.54, 1.807) is 11.3 Å². The summed E-state index contributed by atoms with van der Waals surface area (Å²) in [7, 11) is 0.